The second-order valence-electron chi connectivity index (χ2n) is 5.06. The highest BCUT2D eigenvalue weighted by molar-refractivity contribution is 4.83. The van der Waals surface area contributed by atoms with Crippen LogP contribution in [0.2, 0.25) is 0 Å². The molecule has 0 spiro atoms. The molecular formula is C10H21N. The fourth-order valence-electron chi connectivity index (χ4n) is 1.98. The molecule has 2 atom stereocenters. The quantitative estimate of drug-likeness (QED) is 0.613. The van der Waals surface area contributed by atoms with Gasteiger partial charge in [-0.05, 0) is 37.6 Å². The predicted octanol–water partition coefficient (Wildman–Crippen LogP) is 2.42. The van der Waals surface area contributed by atoms with Gasteiger partial charge >= 0.3 is 0 Å². The summed E-state index contributed by atoms with van der Waals surface area (Å²) in [5.74, 6) is 0.912. The van der Waals surface area contributed by atoms with E-state index in [1.54, 1.807) is 0 Å². The largest absolute Gasteiger partial charge is 0.314 e. The number of hydrogen-bond acceptors (Lipinski definition) is 1. The smallest absolute Gasteiger partial charge is 0.00676 e. The molecule has 0 aromatic rings. The SMILES string of the molecule is CC1NCCC1CC(C)(C)C. The van der Waals surface area contributed by atoms with Gasteiger partial charge in [0.1, 0.15) is 0 Å². The van der Waals surface area contributed by atoms with Gasteiger partial charge in [0.05, 0.1) is 0 Å². The van der Waals surface area contributed by atoms with E-state index in [9.17, 15) is 0 Å². The molecule has 0 amide bonds. The second-order valence-corrected chi connectivity index (χ2v) is 5.06. The number of hydrogen-bond donors (Lipinski definition) is 1. The summed E-state index contributed by atoms with van der Waals surface area (Å²) in [7, 11) is 0. The summed E-state index contributed by atoms with van der Waals surface area (Å²) < 4.78 is 0. The summed E-state index contributed by atoms with van der Waals surface area (Å²) in [5, 5.41) is 3.49. The molecule has 11 heavy (non-hydrogen) atoms. The summed E-state index contributed by atoms with van der Waals surface area (Å²) in [4.78, 5) is 0. The van der Waals surface area contributed by atoms with E-state index in [0.29, 0.717) is 5.41 Å². The summed E-state index contributed by atoms with van der Waals surface area (Å²) >= 11 is 0. The molecule has 1 nitrogen and oxygen atoms in total. The van der Waals surface area contributed by atoms with Crippen molar-refractivity contribution < 1.29 is 0 Å². The highest BCUT2D eigenvalue weighted by Crippen LogP contribution is 2.30. The first-order chi connectivity index (χ1) is 4.99. The van der Waals surface area contributed by atoms with E-state index in [1.807, 2.05) is 0 Å². The van der Waals surface area contributed by atoms with Gasteiger partial charge in [-0.1, -0.05) is 20.8 Å². The standard InChI is InChI=1S/C10H21N/c1-8-9(5-6-11-8)7-10(2,3)4/h8-9,11H,5-7H2,1-4H3. The molecule has 0 aromatic carbocycles. The van der Waals surface area contributed by atoms with Gasteiger partial charge in [0.2, 0.25) is 0 Å². The van der Waals surface area contributed by atoms with Crippen molar-refractivity contribution in [3.8, 4) is 0 Å². The van der Waals surface area contributed by atoms with Crippen molar-refractivity contribution in [1.29, 1.82) is 0 Å². The van der Waals surface area contributed by atoms with E-state index >= 15 is 0 Å². The predicted molar refractivity (Wildman–Crippen MR) is 49.6 cm³/mol. The fraction of sp³-hybridized carbons (Fsp3) is 1.00. The third kappa shape index (κ3) is 2.82. The molecule has 1 heterocycles. The molecule has 0 aromatic heterocycles. The molecule has 0 bridgehead atoms. The molecular weight excluding hydrogens is 134 g/mol. The summed E-state index contributed by atoms with van der Waals surface area (Å²) in [6, 6.07) is 0.745. The minimum atomic E-state index is 0.505. The van der Waals surface area contributed by atoms with Crippen LogP contribution in [-0.4, -0.2) is 12.6 Å². The van der Waals surface area contributed by atoms with Crippen LogP contribution in [0.5, 0.6) is 0 Å². The zero-order chi connectivity index (χ0) is 8.48. The lowest BCUT2D eigenvalue weighted by Crippen LogP contribution is -2.25. The number of rotatable bonds is 1. The van der Waals surface area contributed by atoms with Gasteiger partial charge in [-0.2, -0.15) is 0 Å². The Bertz CT molecular complexity index is 123. The van der Waals surface area contributed by atoms with E-state index in [1.165, 1.54) is 19.4 Å². The first kappa shape index (κ1) is 9.05. The summed E-state index contributed by atoms with van der Waals surface area (Å²) in [6.45, 7) is 10.5. The Kier molecular flexibility index (Phi) is 2.58. The van der Waals surface area contributed by atoms with Crippen LogP contribution in [-0.2, 0) is 0 Å². The lowest BCUT2D eigenvalue weighted by atomic mass is 9.82. The average Bonchev–Trinajstić information content (AvgIpc) is 2.12. The van der Waals surface area contributed by atoms with Crippen molar-refractivity contribution in [2.75, 3.05) is 6.54 Å². The van der Waals surface area contributed by atoms with Gasteiger partial charge in [0, 0.05) is 6.04 Å². The second kappa shape index (κ2) is 3.14. The van der Waals surface area contributed by atoms with Crippen LogP contribution >= 0.6 is 0 Å². The molecule has 66 valence electrons. The van der Waals surface area contributed by atoms with E-state index in [0.717, 1.165) is 12.0 Å². The molecule has 1 heteroatoms. The van der Waals surface area contributed by atoms with E-state index < -0.39 is 0 Å². The van der Waals surface area contributed by atoms with Crippen LogP contribution in [0.25, 0.3) is 0 Å². The Morgan fingerprint density at radius 1 is 1.36 bits per heavy atom. The highest BCUT2D eigenvalue weighted by Gasteiger charge is 2.26. The van der Waals surface area contributed by atoms with Crippen LogP contribution in [0.15, 0.2) is 0 Å². The molecule has 1 fully saturated rings. The minimum absolute atomic E-state index is 0.505. The van der Waals surface area contributed by atoms with Crippen molar-refractivity contribution in [1.82, 2.24) is 5.32 Å². The molecule has 1 rings (SSSR count). The van der Waals surface area contributed by atoms with Gasteiger partial charge in [0.15, 0.2) is 0 Å². The van der Waals surface area contributed by atoms with Gasteiger partial charge in [-0.3, -0.25) is 0 Å². The third-order valence-electron chi connectivity index (χ3n) is 2.56. The van der Waals surface area contributed by atoms with Crippen molar-refractivity contribution in [2.24, 2.45) is 11.3 Å². The zero-order valence-corrected chi connectivity index (χ0v) is 8.28. The number of nitrogens with one attached hydrogen (secondary N) is 1. The molecule has 0 saturated carbocycles. The maximum Gasteiger partial charge on any atom is 0.00676 e. The van der Waals surface area contributed by atoms with Crippen molar-refractivity contribution in [3.63, 3.8) is 0 Å². The normalized spacial score (nSPS) is 32.7. The Morgan fingerprint density at radius 3 is 2.36 bits per heavy atom. The van der Waals surface area contributed by atoms with Gasteiger partial charge < -0.3 is 5.32 Å². The molecule has 1 saturated heterocycles. The Morgan fingerprint density at radius 2 is 2.00 bits per heavy atom. The first-order valence-corrected chi connectivity index (χ1v) is 4.72. The van der Waals surface area contributed by atoms with E-state index in [4.69, 9.17) is 0 Å². The van der Waals surface area contributed by atoms with Crippen LogP contribution < -0.4 is 5.32 Å². The molecule has 0 aliphatic carbocycles. The zero-order valence-electron chi connectivity index (χ0n) is 8.28. The van der Waals surface area contributed by atoms with E-state index in [2.05, 4.69) is 33.0 Å². The molecule has 1 N–H and O–H groups in total. The van der Waals surface area contributed by atoms with Crippen molar-refractivity contribution in [3.05, 3.63) is 0 Å². The van der Waals surface area contributed by atoms with Crippen LogP contribution in [0.1, 0.15) is 40.5 Å². The summed E-state index contributed by atoms with van der Waals surface area (Å²) in [5.41, 5.74) is 0.505. The fourth-order valence-corrected chi connectivity index (χ4v) is 1.98. The Balaban J connectivity index is 2.37. The lowest BCUT2D eigenvalue weighted by Gasteiger charge is -2.25. The summed E-state index contributed by atoms with van der Waals surface area (Å²) in [6.07, 6.45) is 2.74. The van der Waals surface area contributed by atoms with E-state index in [-0.39, 0.29) is 0 Å². The van der Waals surface area contributed by atoms with Crippen molar-refractivity contribution in [2.45, 2.75) is 46.6 Å². The van der Waals surface area contributed by atoms with Gasteiger partial charge in [-0.25, -0.2) is 0 Å². The molecule has 1 aliphatic heterocycles. The van der Waals surface area contributed by atoms with Gasteiger partial charge in [0.25, 0.3) is 0 Å². The molecule has 2 unspecified atom stereocenters. The minimum Gasteiger partial charge on any atom is -0.314 e. The first-order valence-electron chi connectivity index (χ1n) is 4.72. The van der Waals surface area contributed by atoms with Gasteiger partial charge in [-0.15, -0.1) is 0 Å². The monoisotopic (exact) mass is 155 g/mol. The van der Waals surface area contributed by atoms with Crippen LogP contribution in [0.3, 0.4) is 0 Å². The Labute approximate surface area is 70.6 Å². The molecule has 1 aliphatic rings. The van der Waals surface area contributed by atoms with Crippen molar-refractivity contribution >= 4 is 0 Å². The lowest BCUT2D eigenvalue weighted by molar-refractivity contribution is 0.281. The van der Waals surface area contributed by atoms with Crippen LogP contribution in [0, 0.1) is 11.3 Å². The van der Waals surface area contributed by atoms with Crippen LogP contribution in [0.4, 0.5) is 0 Å². The Hall–Kier alpha value is -0.0400. The highest BCUT2D eigenvalue weighted by atomic mass is 14.9. The maximum absolute atomic E-state index is 3.49. The topological polar surface area (TPSA) is 12.0 Å². The maximum atomic E-state index is 3.49. The average molecular weight is 155 g/mol. The third-order valence-corrected chi connectivity index (χ3v) is 2.56. The molecule has 0 radical (unpaired) electrons.